The number of nitrogen functional groups attached to an aromatic ring is 1. The Morgan fingerprint density at radius 2 is 1.80 bits per heavy atom. The average Bonchev–Trinajstić information content (AvgIpc) is 3.15. The van der Waals surface area contributed by atoms with Crippen molar-refractivity contribution in [2.24, 2.45) is 0 Å². The molecule has 0 radical (unpaired) electrons. The molecule has 0 amide bonds. The van der Waals surface area contributed by atoms with E-state index in [0.717, 1.165) is 6.33 Å². The number of rotatable bonds is 6. The molecular weight excluding hydrogens is 495 g/mol. The summed E-state index contributed by atoms with van der Waals surface area (Å²) in [4.78, 5) is 38.1. The predicted molar refractivity (Wildman–Crippen MR) is 85.9 cm³/mol. The van der Waals surface area contributed by atoms with Crippen molar-refractivity contribution in [2.75, 3.05) is 12.3 Å². The van der Waals surface area contributed by atoms with Crippen molar-refractivity contribution in [2.45, 2.75) is 24.5 Å². The van der Waals surface area contributed by atoms with Gasteiger partial charge in [-0.15, -0.1) is 0 Å². The minimum absolute atomic E-state index is 0.0856. The van der Waals surface area contributed by atoms with Gasteiger partial charge in [-0.3, -0.25) is 9.09 Å². The second kappa shape index (κ2) is 9.87. The molecule has 2 aromatic heterocycles. The number of ether oxygens (including phenoxy) is 1. The number of aromatic nitrogens is 4. The van der Waals surface area contributed by atoms with E-state index in [2.05, 4.69) is 23.8 Å². The second-order valence-corrected chi connectivity index (χ2v) is 8.60. The molecule has 0 aliphatic carbocycles. The number of nitrogens with zero attached hydrogens (tertiary/aromatic N) is 4. The quantitative estimate of drug-likeness (QED) is 0.230. The van der Waals surface area contributed by atoms with Crippen LogP contribution in [0, 0.1) is 0 Å². The molecule has 5 atom stereocenters. The van der Waals surface area contributed by atoms with Gasteiger partial charge in [-0.1, -0.05) is 0 Å². The van der Waals surface area contributed by atoms with Crippen LogP contribution in [0.25, 0.3) is 11.2 Å². The van der Waals surface area contributed by atoms with Crippen LogP contribution in [0.4, 0.5) is 5.82 Å². The number of anilines is 1. The first-order chi connectivity index (χ1) is 13.9. The maximum atomic E-state index is 11.5. The number of aliphatic hydroxyl groups excluding tert-OH is 2. The summed E-state index contributed by atoms with van der Waals surface area (Å²) in [6.45, 7) is -0.813. The molecule has 1 aliphatic rings. The number of nitrogens with two attached hydrogens (primary N) is 1. The predicted octanol–water partition coefficient (Wildman–Crippen LogP) is -1.99. The van der Waals surface area contributed by atoms with Crippen LogP contribution < -0.4 is 5.73 Å². The molecule has 0 bridgehead atoms. The summed E-state index contributed by atoms with van der Waals surface area (Å²) in [6.07, 6.45) is -3.20. The van der Waals surface area contributed by atoms with Crippen molar-refractivity contribution in [1.29, 1.82) is 0 Å². The zero-order chi connectivity index (χ0) is 22.7. The monoisotopic (exact) mass is 510 g/mol. The van der Waals surface area contributed by atoms with Gasteiger partial charge < -0.3 is 35.4 Å². The molecule has 1 saturated heterocycles. The number of hydrogen-bond donors (Lipinski definition) is 6. The second-order valence-electron chi connectivity index (χ2n) is 5.54. The summed E-state index contributed by atoms with van der Waals surface area (Å²) in [6, 6.07) is 0. The van der Waals surface area contributed by atoms with Gasteiger partial charge in [-0.2, -0.15) is 4.31 Å². The fourth-order valence-corrected chi connectivity index (χ4v) is 4.08. The van der Waals surface area contributed by atoms with E-state index >= 15 is 0 Å². The Hall–Kier alpha value is -1.33. The number of hydrogen-bond acceptors (Lipinski definition) is 13. The van der Waals surface area contributed by atoms with Crippen molar-refractivity contribution in [3.63, 3.8) is 0 Å². The summed E-state index contributed by atoms with van der Waals surface area (Å²) in [7, 11) is -10.4. The summed E-state index contributed by atoms with van der Waals surface area (Å²) in [5.74, 6) is 0.0856. The van der Waals surface area contributed by atoms with Crippen LogP contribution in [0.3, 0.4) is 0 Å². The third-order valence-electron chi connectivity index (χ3n) is 3.61. The summed E-state index contributed by atoms with van der Waals surface area (Å²) in [5.41, 5.74) is 6.11. The van der Waals surface area contributed by atoms with Gasteiger partial charge in [0.1, 0.15) is 30.2 Å². The van der Waals surface area contributed by atoms with Gasteiger partial charge >= 0.3 is 39.2 Å². The molecule has 20 heteroatoms. The van der Waals surface area contributed by atoms with E-state index in [1.807, 2.05) is 0 Å². The Labute approximate surface area is 173 Å². The Bertz CT molecular complexity index is 1020. The molecule has 0 aromatic carbocycles. The van der Waals surface area contributed by atoms with E-state index in [4.69, 9.17) is 27.6 Å². The number of phosphoric ester groups is 1. The van der Waals surface area contributed by atoms with E-state index in [-0.39, 0.29) is 17.0 Å². The van der Waals surface area contributed by atoms with Crippen LogP contribution >= 0.6 is 15.6 Å². The average molecular weight is 510 g/mol. The van der Waals surface area contributed by atoms with Crippen LogP contribution in [-0.2, 0) is 46.2 Å². The number of imidazole rings is 1. The van der Waals surface area contributed by atoms with Gasteiger partial charge in [-0.25, -0.2) is 24.1 Å². The van der Waals surface area contributed by atoms with Crippen LogP contribution in [0.5, 0.6) is 0 Å². The number of phosphoric acid groups is 2. The first-order valence-corrected chi connectivity index (χ1v) is 11.7. The third kappa shape index (κ3) is 6.10. The van der Waals surface area contributed by atoms with E-state index in [1.54, 1.807) is 0 Å². The van der Waals surface area contributed by atoms with Crippen LogP contribution in [-0.4, -0.2) is 69.3 Å². The van der Waals surface area contributed by atoms with Crippen molar-refractivity contribution in [3.8, 4) is 0 Å². The molecule has 167 valence electrons. The van der Waals surface area contributed by atoms with Crippen LogP contribution in [0.15, 0.2) is 12.7 Å². The molecule has 3 heterocycles. The van der Waals surface area contributed by atoms with Gasteiger partial charge in [-0.05, 0) is 0 Å². The molecule has 17 nitrogen and oxygen atoms in total. The zero-order valence-electron chi connectivity index (χ0n) is 14.5. The molecule has 3 rings (SSSR count). The van der Waals surface area contributed by atoms with E-state index in [9.17, 15) is 24.2 Å². The van der Waals surface area contributed by atoms with Crippen molar-refractivity contribution in [1.82, 2.24) is 19.5 Å². The molecule has 2 aromatic rings. The minimum atomic E-state index is -5.29. The Morgan fingerprint density at radius 3 is 2.40 bits per heavy atom. The van der Waals surface area contributed by atoms with E-state index < -0.39 is 63.0 Å². The number of fused-ring (bicyclic) bond motifs is 1. The topological polar surface area (TPSA) is 267 Å². The molecule has 7 N–H and O–H groups in total. The Morgan fingerprint density at radius 1 is 1.17 bits per heavy atom. The summed E-state index contributed by atoms with van der Waals surface area (Å²) < 4.78 is 53.8. The first-order valence-electron chi connectivity index (χ1n) is 7.54. The van der Waals surface area contributed by atoms with Gasteiger partial charge in [0.05, 0.1) is 12.9 Å². The normalized spacial score (nSPS) is 25.9. The Kier molecular flexibility index (Phi) is 8.20. The van der Waals surface area contributed by atoms with Gasteiger partial charge in [0.15, 0.2) is 17.7 Å². The number of aliphatic hydroxyl groups is 2. The first kappa shape index (κ1) is 24.9. The van der Waals surface area contributed by atoms with Gasteiger partial charge in [0.25, 0.3) is 0 Å². The van der Waals surface area contributed by atoms with Crippen molar-refractivity contribution < 1.29 is 71.1 Å². The SMILES string of the molecule is Nc1ncnc2c1ncn2[C@@H]1O[C@H](COP(=O)(O)OP(=O)(O)O)[C@@H](O)[C@H]1O.[O]=[V]=[O]. The summed E-state index contributed by atoms with van der Waals surface area (Å²) in [5, 5.41) is 20.3. The van der Waals surface area contributed by atoms with Crippen molar-refractivity contribution >= 4 is 32.6 Å². The van der Waals surface area contributed by atoms with Gasteiger partial charge in [0.2, 0.25) is 0 Å². The third-order valence-corrected chi connectivity index (χ3v) is 5.76. The molecule has 1 unspecified atom stereocenters. The molecule has 0 spiro atoms. The molecular formula is C10H15N5O12P2V. The fraction of sp³-hybridized carbons (Fsp3) is 0.500. The van der Waals surface area contributed by atoms with Crippen LogP contribution in [0.2, 0.25) is 0 Å². The van der Waals surface area contributed by atoms with Crippen molar-refractivity contribution in [3.05, 3.63) is 12.7 Å². The standard InChI is InChI=1S/C10H15N5O10P2.2O.V/c11-8-5-9(13-2-12-8)15(3-14-5)10-7(17)6(16)4(24-10)1-23-27(21,22)25-26(18,19)20;;;/h2-4,6-7,10,16-17H,1H2,(H,21,22)(H2,11,12,13)(H2,18,19,20);;;/t4-,6-,7-,10-;;;/m1.../s1. The molecule has 1 fully saturated rings. The van der Waals surface area contributed by atoms with Gasteiger partial charge in [0, 0.05) is 0 Å². The molecule has 1 aliphatic heterocycles. The fourth-order valence-electron chi connectivity index (χ4n) is 2.48. The van der Waals surface area contributed by atoms with E-state index in [0.29, 0.717) is 0 Å². The van der Waals surface area contributed by atoms with Crippen LogP contribution in [0.1, 0.15) is 6.23 Å². The Balaban J connectivity index is 0.00000101. The molecule has 30 heavy (non-hydrogen) atoms. The summed E-state index contributed by atoms with van der Waals surface area (Å²) >= 11 is -1.81. The molecule has 0 saturated carbocycles. The van der Waals surface area contributed by atoms with E-state index in [1.165, 1.54) is 10.9 Å². The zero-order valence-corrected chi connectivity index (χ0v) is 17.7. The maximum absolute atomic E-state index is 11.5.